The van der Waals surface area contributed by atoms with Crippen LogP contribution >= 0.6 is 51.3 Å². The van der Waals surface area contributed by atoms with Gasteiger partial charge in [-0.25, -0.2) is 4.68 Å². The van der Waals surface area contributed by atoms with Gasteiger partial charge in [-0.1, -0.05) is 36.2 Å². The van der Waals surface area contributed by atoms with E-state index in [1.165, 1.54) is 0 Å². The Balaban J connectivity index is 1.78. The fraction of sp³-hybridized carbons (Fsp3) is 0.333. The molecule has 2 aromatic carbocycles. The standard InChI is InChI=1S/C21H23BrCl2N4O2S/c1-3-5-19-26-27-21(31)28(19)25-11-13-8-16(22)20(18(9-13)29-4-2)30-12-14-6-7-15(23)10-17(14)24/h6-10,25H,3-5,11-12H2,1-2H3,(H,27,31). The fourth-order valence-electron chi connectivity index (χ4n) is 2.97. The van der Waals surface area contributed by atoms with Gasteiger partial charge in [0, 0.05) is 22.0 Å². The summed E-state index contributed by atoms with van der Waals surface area (Å²) in [7, 11) is 0. The zero-order valence-electron chi connectivity index (χ0n) is 17.2. The predicted octanol–water partition coefficient (Wildman–Crippen LogP) is 6.68. The summed E-state index contributed by atoms with van der Waals surface area (Å²) in [5.74, 6) is 2.13. The highest BCUT2D eigenvalue weighted by Gasteiger charge is 2.14. The Kier molecular flexibility index (Phi) is 8.66. The molecule has 0 amide bonds. The maximum Gasteiger partial charge on any atom is 0.214 e. The van der Waals surface area contributed by atoms with Gasteiger partial charge in [0.05, 0.1) is 17.6 Å². The highest BCUT2D eigenvalue weighted by atomic mass is 79.9. The average molecular weight is 546 g/mol. The van der Waals surface area contributed by atoms with E-state index in [4.69, 9.17) is 44.9 Å². The Morgan fingerprint density at radius 3 is 2.71 bits per heavy atom. The van der Waals surface area contributed by atoms with Crippen molar-refractivity contribution in [1.82, 2.24) is 14.9 Å². The van der Waals surface area contributed by atoms with Crippen LogP contribution in [0.2, 0.25) is 10.0 Å². The molecule has 0 radical (unpaired) electrons. The molecule has 0 unspecified atom stereocenters. The summed E-state index contributed by atoms with van der Waals surface area (Å²) in [5, 5.41) is 8.25. The molecule has 0 aliphatic heterocycles. The first kappa shape index (κ1) is 23.9. The van der Waals surface area contributed by atoms with Crippen molar-refractivity contribution in [2.24, 2.45) is 0 Å². The molecule has 31 heavy (non-hydrogen) atoms. The molecule has 2 N–H and O–H groups in total. The number of aromatic nitrogens is 3. The van der Waals surface area contributed by atoms with Gasteiger partial charge >= 0.3 is 0 Å². The molecule has 10 heteroatoms. The normalized spacial score (nSPS) is 10.9. The van der Waals surface area contributed by atoms with E-state index in [1.54, 1.807) is 16.8 Å². The van der Waals surface area contributed by atoms with Crippen molar-refractivity contribution >= 4 is 51.3 Å². The average Bonchev–Trinajstić information content (AvgIpc) is 3.07. The molecule has 6 nitrogen and oxygen atoms in total. The second kappa shape index (κ2) is 11.2. The summed E-state index contributed by atoms with van der Waals surface area (Å²) < 4.78 is 15.0. The minimum atomic E-state index is 0.289. The summed E-state index contributed by atoms with van der Waals surface area (Å²) in [4.78, 5) is 0. The maximum absolute atomic E-state index is 6.27. The second-order valence-corrected chi connectivity index (χ2v) is 8.81. The van der Waals surface area contributed by atoms with Crippen molar-refractivity contribution in [3.8, 4) is 11.5 Å². The van der Waals surface area contributed by atoms with Gasteiger partial charge < -0.3 is 14.9 Å². The molecule has 0 aliphatic rings. The summed E-state index contributed by atoms with van der Waals surface area (Å²) in [5.41, 5.74) is 5.16. The number of nitrogens with one attached hydrogen (secondary N) is 2. The Bertz CT molecular complexity index is 1100. The summed E-state index contributed by atoms with van der Waals surface area (Å²) in [6.45, 7) is 5.36. The largest absolute Gasteiger partial charge is 0.490 e. The van der Waals surface area contributed by atoms with Gasteiger partial charge in [0.25, 0.3) is 0 Å². The smallest absolute Gasteiger partial charge is 0.214 e. The van der Waals surface area contributed by atoms with Crippen molar-refractivity contribution < 1.29 is 9.47 Å². The van der Waals surface area contributed by atoms with Gasteiger partial charge in [-0.2, -0.15) is 5.10 Å². The molecule has 166 valence electrons. The quantitative estimate of drug-likeness (QED) is 0.278. The minimum Gasteiger partial charge on any atom is -0.490 e. The SMILES string of the molecule is CCCc1n[nH]c(=S)n1NCc1cc(Br)c(OCc2ccc(Cl)cc2Cl)c(OCC)c1. The Morgan fingerprint density at radius 1 is 1.19 bits per heavy atom. The van der Waals surface area contributed by atoms with Crippen LogP contribution in [0, 0.1) is 4.77 Å². The van der Waals surface area contributed by atoms with Gasteiger partial charge in [-0.05, 0) is 71.3 Å². The van der Waals surface area contributed by atoms with E-state index in [2.05, 4.69) is 38.5 Å². The van der Waals surface area contributed by atoms with Crippen LogP contribution in [0.4, 0.5) is 0 Å². The topological polar surface area (TPSA) is 64.1 Å². The molecule has 0 saturated heterocycles. The maximum atomic E-state index is 6.27. The van der Waals surface area contributed by atoms with Crippen LogP contribution in [-0.2, 0) is 19.6 Å². The number of halogens is 3. The first-order chi connectivity index (χ1) is 14.9. The van der Waals surface area contributed by atoms with Crippen molar-refractivity contribution in [2.45, 2.75) is 39.8 Å². The third kappa shape index (κ3) is 6.16. The van der Waals surface area contributed by atoms with E-state index >= 15 is 0 Å². The lowest BCUT2D eigenvalue weighted by atomic mass is 10.2. The molecule has 3 aromatic rings. The molecule has 3 rings (SSSR count). The summed E-state index contributed by atoms with van der Waals surface area (Å²) in [6, 6.07) is 9.26. The molecule has 0 bridgehead atoms. The molecule has 0 saturated carbocycles. The van der Waals surface area contributed by atoms with Crippen molar-refractivity contribution in [2.75, 3.05) is 12.0 Å². The van der Waals surface area contributed by atoms with Gasteiger partial charge in [-0.3, -0.25) is 5.10 Å². The second-order valence-electron chi connectivity index (χ2n) is 6.73. The van der Waals surface area contributed by atoms with E-state index < -0.39 is 0 Å². The number of hydrogen-bond donors (Lipinski definition) is 2. The minimum absolute atomic E-state index is 0.289. The molecule has 0 spiro atoms. The van der Waals surface area contributed by atoms with E-state index in [0.29, 0.717) is 39.5 Å². The first-order valence-electron chi connectivity index (χ1n) is 9.85. The highest BCUT2D eigenvalue weighted by molar-refractivity contribution is 9.10. The third-order valence-electron chi connectivity index (χ3n) is 4.41. The third-order valence-corrected chi connectivity index (χ3v) is 5.86. The number of ether oxygens (including phenoxy) is 2. The van der Waals surface area contributed by atoms with Gasteiger partial charge in [0.15, 0.2) is 17.3 Å². The molecule has 1 heterocycles. The fourth-order valence-corrected chi connectivity index (χ4v) is 4.25. The Hall–Kier alpha value is -1.74. The van der Waals surface area contributed by atoms with Crippen LogP contribution in [0.3, 0.4) is 0 Å². The lowest BCUT2D eigenvalue weighted by Gasteiger charge is -2.17. The molecule has 0 atom stereocenters. The number of benzene rings is 2. The Morgan fingerprint density at radius 2 is 2.00 bits per heavy atom. The van der Waals surface area contributed by atoms with Crippen LogP contribution in [0.1, 0.15) is 37.2 Å². The van der Waals surface area contributed by atoms with Gasteiger partial charge in [-0.15, -0.1) is 0 Å². The number of aromatic amines is 1. The highest BCUT2D eigenvalue weighted by Crippen LogP contribution is 2.38. The molecule has 0 fully saturated rings. The number of H-pyrrole nitrogens is 1. The number of nitrogens with zero attached hydrogens (tertiary/aromatic N) is 2. The summed E-state index contributed by atoms with van der Waals surface area (Å²) in [6.07, 6.45) is 1.80. The van der Waals surface area contributed by atoms with Crippen LogP contribution in [-0.4, -0.2) is 21.5 Å². The molecular formula is C21H23BrCl2N4O2S. The Labute approximate surface area is 205 Å². The number of hydrogen-bond acceptors (Lipinski definition) is 5. The lowest BCUT2D eigenvalue weighted by molar-refractivity contribution is 0.267. The van der Waals surface area contributed by atoms with E-state index in [1.807, 2.05) is 25.1 Å². The molecule has 1 aromatic heterocycles. The van der Waals surface area contributed by atoms with E-state index in [0.717, 1.165) is 34.3 Å². The zero-order valence-corrected chi connectivity index (χ0v) is 21.1. The van der Waals surface area contributed by atoms with Crippen LogP contribution in [0.25, 0.3) is 0 Å². The lowest BCUT2D eigenvalue weighted by Crippen LogP contribution is -2.17. The molecule has 0 aliphatic carbocycles. The van der Waals surface area contributed by atoms with Gasteiger partial charge in [0.2, 0.25) is 4.77 Å². The van der Waals surface area contributed by atoms with Crippen molar-refractivity contribution in [3.05, 3.63) is 66.6 Å². The van der Waals surface area contributed by atoms with Crippen molar-refractivity contribution in [1.29, 1.82) is 0 Å². The predicted molar refractivity (Wildman–Crippen MR) is 131 cm³/mol. The van der Waals surface area contributed by atoms with Crippen LogP contribution < -0.4 is 14.9 Å². The number of rotatable bonds is 10. The molecular weight excluding hydrogens is 523 g/mol. The van der Waals surface area contributed by atoms with Gasteiger partial charge in [0.1, 0.15) is 6.61 Å². The summed E-state index contributed by atoms with van der Waals surface area (Å²) >= 11 is 21.2. The first-order valence-corrected chi connectivity index (χ1v) is 11.8. The van der Waals surface area contributed by atoms with Crippen LogP contribution in [0.15, 0.2) is 34.8 Å². The van der Waals surface area contributed by atoms with Crippen LogP contribution in [0.5, 0.6) is 11.5 Å². The zero-order chi connectivity index (χ0) is 22.4. The van der Waals surface area contributed by atoms with E-state index in [9.17, 15) is 0 Å². The van der Waals surface area contributed by atoms with Crippen molar-refractivity contribution in [3.63, 3.8) is 0 Å². The monoisotopic (exact) mass is 544 g/mol. The van der Waals surface area contributed by atoms with E-state index in [-0.39, 0.29) is 6.61 Å². The number of aryl methyl sites for hydroxylation is 1.